The van der Waals surface area contributed by atoms with Gasteiger partial charge in [0.1, 0.15) is 0 Å². The van der Waals surface area contributed by atoms with E-state index in [1.165, 1.54) is 5.56 Å². The molecule has 1 heterocycles. The molecule has 2 rings (SSSR count). The van der Waals surface area contributed by atoms with Crippen LogP contribution in [0, 0.1) is 0 Å². The van der Waals surface area contributed by atoms with Gasteiger partial charge in [0.25, 0.3) is 0 Å². The quantitative estimate of drug-likeness (QED) is 0.562. The molecule has 1 aromatic carbocycles. The number of hydrogen-bond acceptors (Lipinski definition) is 3. The van der Waals surface area contributed by atoms with Gasteiger partial charge in [-0.05, 0) is 25.3 Å². The first-order chi connectivity index (χ1) is 7.77. The van der Waals surface area contributed by atoms with Crippen LogP contribution < -0.4 is 0 Å². The molecule has 3 heteroatoms. The molecule has 1 fully saturated rings. The highest BCUT2D eigenvalue weighted by Crippen LogP contribution is 2.33. The van der Waals surface area contributed by atoms with Crippen LogP contribution in [0.3, 0.4) is 0 Å². The number of carbonyl (C=O) groups is 1. The van der Waals surface area contributed by atoms with E-state index in [0.717, 1.165) is 6.42 Å². The second kappa shape index (κ2) is 4.66. The van der Waals surface area contributed by atoms with Crippen LogP contribution >= 0.6 is 0 Å². The van der Waals surface area contributed by atoms with E-state index in [4.69, 9.17) is 9.47 Å². The first kappa shape index (κ1) is 11.1. The summed E-state index contributed by atoms with van der Waals surface area (Å²) in [4.78, 5) is 11.6. The zero-order chi connectivity index (χ0) is 11.4. The third kappa shape index (κ3) is 2.42. The first-order valence-electron chi connectivity index (χ1n) is 5.62. The normalized spacial score (nSPS) is 22.8. The molecule has 0 radical (unpaired) electrons. The lowest BCUT2D eigenvalue weighted by Crippen LogP contribution is -2.27. The number of benzene rings is 1. The molecule has 1 aliphatic heterocycles. The fourth-order valence-corrected chi connectivity index (χ4v) is 1.70. The summed E-state index contributed by atoms with van der Waals surface area (Å²) in [5.41, 5.74) is 0.577. The Balaban J connectivity index is 1.88. The van der Waals surface area contributed by atoms with Gasteiger partial charge in [0, 0.05) is 0 Å². The topological polar surface area (TPSA) is 38.8 Å². The second-order valence-electron chi connectivity index (χ2n) is 3.99. The Hall–Kier alpha value is -1.35. The standard InChI is InChI=1S/C13H16O3/c1-2-15-12(14)13(10-16-13)9-8-11-6-4-3-5-7-11/h3-7H,2,8-10H2,1H3/t13-/m0/s1. The summed E-state index contributed by atoms with van der Waals surface area (Å²) in [5.74, 6) is -0.217. The van der Waals surface area contributed by atoms with Crippen molar-refractivity contribution < 1.29 is 14.3 Å². The van der Waals surface area contributed by atoms with E-state index >= 15 is 0 Å². The Kier molecular flexibility index (Phi) is 3.25. The lowest BCUT2D eigenvalue weighted by atomic mass is 10.0. The molecule has 16 heavy (non-hydrogen) atoms. The average Bonchev–Trinajstić information content (AvgIpc) is 3.09. The van der Waals surface area contributed by atoms with Gasteiger partial charge in [-0.2, -0.15) is 0 Å². The fourth-order valence-electron chi connectivity index (χ4n) is 1.70. The van der Waals surface area contributed by atoms with E-state index in [0.29, 0.717) is 19.6 Å². The molecule has 1 aliphatic rings. The van der Waals surface area contributed by atoms with Crippen molar-refractivity contribution >= 4 is 5.97 Å². The van der Waals surface area contributed by atoms with Crippen molar-refractivity contribution in [2.45, 2.75) is 25.4 Å². The number of hydrogen-bond donors (Lipinski definition) is 0. The van der Waals surface area contributed by atoms with E-state index in [1.807, 2.05) is 25.1 Å². The van der Waals surface area contributed by atoms with Crippen molar-refractivity contribution in [3.05, 3.63) is 35.9 Å². The monoisotopic (exact) mass is 220 g/mol. The van der Waals surface area contributed by atoms with Crippen molar-refractivity contribution in [2.24, 2.45) is 0 Å². The molecule has 86 valence electrons. The predicted octanol–water partition coefficient (Wildman–Crippen LogP) is 1.95. The van der Waals surface area contributed by atoms with Crippen LogP contribution in [0.5, 0.6) is 0 Å². The minimum Gasteiger partial charge on any atom is -0.464 e. The molecule has 0 aromatic heterocycles. The van der Waals surface area contributed by atoms with Gasteiger partial charge in [-0.25, -0.2) is 4.79 Å². The molecular weight excluding hydrogens is 204 g/mol. The number of esters is 1. The molecule has 0 saturated carbocycles. The Morgan fingerprint density at radius 1 is 1.44 bits per heavy atom. The molecule has 0 amide bonds. The zero-order valence-corrected chi connectivity index (χ0v) is 9.44. The largest absolute Gasteiger partial charge is 0.464 e. The van der Waals surface area contributed by atoms with E-state index in [9.17, 15) is 4.79 Å². The second-order valence-corrected chi connectivity index (χ2v) is 3.99. The van der Waals surface area contributed by atoms with E-state index in [2.05, 4.69) is 12.1 Å². The highest BCUT2D eigenvalue weighted by molar-refractivity contribution is 5.82. The summed E-state index contributed by atoms with van der Waals surface area (Å²) in [5, 5.41) is 0. The maximum absolute atomic E-state index is 11.6. The Labute approximate surface area is 95.4 Å². The third-order valence-corrected chi connectivity index (χ3v) is 2.80. The molecule has 3 nitrogen and oxygen atoms in total. The van der Waals surface area contributed by atoms with E-state index < -0.39 is 5.60 Å². The SMILES string of the molecule is CCOC(=O)[C@]1(CCc2ccccc2)CO1. The molecule has 1 saturated heterocycles. The van der Waals surface area contributed by atoms with Gasteiger partial charge in [0.15, 0.2) is 5.60 Å². The molecular formula is C13H16O3. The fraction of sp³-hybridized carbons (Fsp3) is 0.462. The van der Waals surface area contributed by atoms with Crippen LogP contribution in [-0.2, 0) is 20.7 Å². The summed E-state index contributed by atoms with van der Waals surface area (Å²) in [7, 11) is 0. The number of rotatable bonds is 5. The van der Waals surface area contributed by atoms with Crippen molar-refractivity contribution in [3.8, 4) is 0 Å². The van der Waals surface area contributed by atoms with E-state index in [-0.39, 0.29) is 5.97 Å². The lowest BCUT2D eigenvalue weighted by molar-refractivity contribution is -0.149. The van der Waals surface area contributed by atoms with Crippen molar-refractivity contribution in [1.29, 1.82) is 0 Å². The maximum Gasteiger partial charge on any atom is 0.340 e. The van der Waals surface area contributed by atoms with Crippen LogP contribution in [0.25, 0.3) is 0 Å². The lowest BCUT2D eigenvalue weighted by Gasteiger charge is -2.10. The van der Waals surface area contributed by atoms with E-state index in [1.54, 1.807) is 0 Å². The number of aryl methyl sites for hydroxylation is 1. The van der Waals surface area contributed by atoms with Crippen molar-refractivity contribution in [1.82, 2.24) is 0 Å². The summed E-state index contributed by atoms with van der Waals surface area (Å²) < 4.78 is 10.3. The number of carbonyl (C=O) groups excluding carboxylic acids is 1. The molecule has 1 atom stereocenters. The van der Waals surface area contributed by atoms with Crippen LogP contribution in [0.4, 0.5) is 0 Å². The number of epoxide rings is 1. The summed E-state index contributed by atoms with van der Waals surface area (Å²) in [6, 6.07) is 10.1. The highest BCUT2D eigenvalue weighted by Gasteiger charge is 2.53. The summed E-state index contributed by atoms with van der Waals surface area (Å²) in [6.45, 7) is 2.72. The van der Waals surface area contributed by atoms with Crippen LogP contribution in [-0.4, -0.2) is 24.8 Å². The van der Waals surface area contributed by atoms with Gasteiger partial charge in [-0.3, -0.25) is 0 Å². The van der Waals surface area contributed by atoms with Gasteiger partial charge in [0.05, 0.1) is 13.2 Å². The minimum atomic E-state index is -0.647. The Morgan fingerprint density at radius 3 is 2.69 bits per heavy atom. The minimum absolute atomic E-state index is 0.217. The van der Waals surface area contributed by atoms with Gasteiger partial charge in [0.2, 0.25) is 0 Å². The van der Waals surface area contributed by atoms with Gasteiger partial charge >= 0.3 is 5.97 Å². The Bertz CT molecular complexity index is 355. The van der Waals surface area contributed by atoms with Crippen molar-refractivity contribution in [2.75, 3.05) is 13.2 Å². The highest BCUT2D eigenvalue weighted by atomic mass is 16.6. The first-order valence-corrected chi connectivity index (χ1v) is 5.62. The van der Waals surface area contributed by atoms with Gasteiger partial charge < -0.3 is 9.47 Å². The van der Waals surface area contributed by atoms with Gasteiger partial charge in [-0.15, -0.1) is 0 Å². The van der Waals surface area contributed by atoms with Crippen LogP contribution in [0.15, 0.2) is 30.3 Å². The molecule has 1 aromatic rings. The third-order valence-electron chi connectivity index (χ3n) is 2.80. The smallest absolute Gasteiger partial charge is 0.340 e. The van der Waals surface area contributed by atoms with Crippen LogP contribution in [0.2, 0.25) is 0 Å². The zero-order valence-electron chi connectivity index (χ0n) is 9.44. The maximum atomic E-state index is 11.6. The summed E-state index contributed by atoms with van der Waals surface area (Å²) in [6.07, 6.45) is 1.55. The predicted molar refractivity (Wildman–Crippen MR) is 60.1 cm³/mol. The average molecular weight is 220 g/mol. The van der Waals surface area contributed by atoms with Gasteiger partial charge in [-0.1, -0.05) is 30.3 Å². The molecule has 0 unspecified atom stereocenters. The summed E-state index contributed by atoms with van der Waals surface area (Å²) >= 11 is 0. The number of ether oxygens (including phenoxy) is 2. The molecule has 0 bridgehead atoms. The molecule has 0 spiro atoms. The molecule has 0 aliphatic carbocycles. The van der Waals surface area contributed by atoms with Crippen molar-refractivity contribution in [3.63, 3.8) is 0 Å². The van der Waals surface area contributed by atoms with Crippen LogP contribution in [0.1, 0.15) is 18.9 Å². The molecule has 0 N–H and O–H groups in total. The Morgan fingerprint density at radius 2 is 2.12 bits per heavy atom.